The second kappa shape index (κ2) is 7.53. The molecule has 136 valence electrons. The summed E-state index contributed by atoms with van der Waals surface area (Å²) in [6, 6.07) is 14.9. The first-order chi connectivity index (χ1) is 12.7. The number of rotatable bonds is 4. The second-order valence-electron chi connectivity index (χ2n) is 7.59. The van der Waals surface area contributed by atoms with Gasteiger partial charge in [-0.1, -0.05) is 30.3 Å². The molecule has 0 aromatic heterocycles. The number of nitrogens with zero attached hydrogens (tertiary/aromatic N) is 1. The average molecular weight is 349 g/mol. The zero-order valence-electron chi connectivity index (χ0n) is 15.5. The van der Waals surface area contributed by atoms with E-state index in [2.05, 4.69) is 30.3 Å². The van der Waals surface area contributed by atoms with Crippen LogP contribution in [0.4, 0.5) is 0 Å². The normalized spacial score (nSPS) is 19.3. The Balaban J connectivity index is 1.38. The maximum atomic E-state index is 12.8. The molecule has 0 N–H and O–H groups in total. The van der Waals surface area contributed by atoms with Crippen molar-refractivity contribution in [3.63, 3.8) is 0 Å². The summed E-state index contributed by atoms with van der Waals surface area (Å²) in [6.07, 6.45) is 6.51. The highest BCUT2D eigenvalue weighted by Gasteiger charge is 2.27. The molecule has 2 aromatic rings. The summed E-state index contributed by atoms with van der Waals surface area (Å²) in [4.78, 5) is 14.8. The van der Waals surface area contributed by atoms with Crippen LogP contribution in [0.25, 0.3) is 0 Å². The Labute approximate surface area is 156 Å². The van der Waals surface area contributed by atoms with Crippen LogP contribution in [-0.4, -0.2) is 31.0 Å². The molecule has 2 aromatic carbocycles. The van der Waals surface area contributed by atoms with Crippen molar-refractivity contribution >= 4 is 5.91 Å². The van der Waals surface area contributed by atoms with E-state index >= 15 is 0 Å². The van der Waals surface area contributed by atoms with Gasteiger partial charge in [-0.25, -0.2) is 0 Å². The monoisotopic (exact) mass is 349 g/mol. The first kappa shape index (κ1) is 17.1. The third kappa shape index (κ3) is 3.62. The van der Waals surface area contributed by atoms with Crippen LogP contribution in [0.1, 0.15) is 47.4 Å². The third-order valence-electron chi connectivity index (χ3n) is 5.90. The summed E-state index contributed by atoms with van der Waals surface area (Å²) in [5, 5.41) is 0. The number of carbonyl (C=O) groups is 1. The van der Waals surface area contributed by atoms with Crippen molar-refractivity contribution in [3.8, 4) is 5.75 Å². The number of aryl methyl sites for hydroxylation is 2. The van der Waals surface area contributed by atoms with Gasteiger partial charge in [0.15, 0.2) is 0 Å². The number of carbonyl (C=O) groups excluding carboxylic acids is 1. The summed E-state index contributed by atoms with van der Waals surface area (Å²) >= 11 is 0. The number of amides is 1. The zero-order chi connectivity index (χ0) is 17.9. The van der Waals surface area contributed by atoms with Gasteiger partial charge < -0.3 is 9.64 Å². The highest BCUT2D eigenvalue weighted by atomic mass is 16.5. The van der Waals surface area contributed by atoms with Crippen molar-refractivity contribution < 1.29 is 9.53 Å². The van der Waals surface area contributed by atoms with Gasteiger partial charge in [-0.05, 0) is 66.5 Å². The Bertz CT molecular complexity index is 781. The van der Waals surface area contributed by atoms with Gasteiger partial charge in [-0.3, -0.25) is 4.79 Å². The highest BCUT2D eigenvalue weighted by Crippen LogP contribution is 2.29. The van der Waals surface area contributed by atoms with E-state index in [0.717, 1.165) is 25.3 Å². The largest absolute Gasteiger partial charge is 0.497 e. The smallest absolute Gasteiger partial charge is 0.227 e. The van der Waals surface area contributed by atoms with Crippen LogP contribution < -0.4 is 4.74 Å². The minimum Gasteiger partial charge on any atom is -0.497 e. The first-order valence-electron chi connectivity index (χ1n) is 9.75. The van der Waals surface area contributed by atoms with E-state index in [-0.39, 0.29) is 5.91 Å². The van der Waals surface area contributed by atoms with E-state index in [9.17, 15) is 4.79 Å². The van der Waals surface area contributed by atoms with Gasteiger partial charge in [0, 0.05) is 19.0 Å². The summed E-state index contributed by atoms with van der Waals surface area (Å²) < 4.78 is 5.23. The van der Waals surface area contributed by atoms with Gasteiger partial charge in [-0.15, -0.1) is 0 Å². The molecule has 0 spiro atoms. The Morgan fingerprint density at radius 1 is 1.08 bits per heavy atom. The second-order valence-corrected chi connectivity index (χ2v) is 7.59. The van der Waals surface area contributed by atoms with Crippen molar-refractivity contribution in [2.24, 2.45) is 0 Å². The molecule has 1 amide bonds. The summed E-state index contributed by atoms with van der Waals surface area (Å²) in [6.45, 7) is 1.69. The van der Waals surface area contributed by atoms with E-state index < -0.39 is 0 Å². The van der Waals surface area contributed by atoms with E-state index in [1.165, 1.54) is 47.9 Å². The number of ether oxygens (including phenoxy) is 1. The first-order valence-corrected chi connectivity index (χ1v) is 9.75. The van der Waals surface area contributed by atoms with Crippen molar-refractivity contribution in [2.75, 3.05) is 20.2 Å². The lowest BCUT2D eigenvalue weighted by molar-refractivity contribution is -0.129. The zero-order valence-corrected chi connectivity index (χ0v) is 15.5. The summed E-state index contributed by atoms with van der Waals surface area (Å²) in [5.74, 6) is 1.58. The minimum atomic E-state index is 0.261. The topological polar surface area (TPSA) is 29.5 Å². The van der Waals surface area contributed by atoms with Crippen LogP contribution in [0.2, 0.25) is 0 Å². The minimum absolute atomic E-state index is 0.261. The molecular formula is C23H27NO2. The van der Waals surface area contributed by atoms with Gasteiger partial charge in [0.2, 0.25) is 5.91 Å². The molecule has 0 bridgehead atoms. The van der Waals surface area contributed by atoms with Crippen molar-refractivity contribution in [1.82, 2.24) is 4.90 Å². The standard InChI is InChI=1S/C23H27NO2/c1-26-22-10-8-19(9-11-22)21-12-13-24(16-21)23(25)15-17-6-7-18-4-2-3-5-20(18)14-17/h6-11,14,21H,2-5,12-13,15-16H2,1H3. The fourth-order valence-corrected chi connectivity index (χ4v) is 4.32. The maximum Gasteiger partial charge on any atom is 0.227 e. The van der Waals surface area contributed by atoms with Gasteiger partial charge in [-0.2, -0.15) is 0 Å². The van der Waals surface area contributed by atoms with Gasteiger partial charge in [0.05, 0.1) is 13.5 Å². The van der Waals surface area contributed by atoms with Crippen LogP contribution in [0, 0.1) is 0 Å². The van der Waals surface area contributed by atoms with Crippen LogP contribution in [0.5, 0.6) is 5.75 Å². The number of hydrogen-bond donors (Lipinski definition) is 0. The Morgan fingerprint density at radius 3 is 2.62 bits per heavy atom. The van der Waals surface area contributed by atoms with Crippen molar-refractivity contribution in [2.45, 2.75) is 44.4 Å². The lowest BCUT2D eigenvalue weighted by atomic mass is 9.90. The van der Waals surface area contributed by atoms with Crippen molar-refractivity contribution in [1.29, 1.82) is 0 Å². The molecule has 1 aliphatic heterocycles. The molecule has 1 fully saturated rings. The molecule has 1 unspecified atom stereocenters. The number of hydrogen-bond acceptors (Lipinski definition) is 2. The molecule has 3 heteroatoms. The molecular weight excluding hydrogens is 322 g/mol. The molecule has 4 rings (SSSR count). The maximum absolute atomic E-state index is 12.8. The van der Waals surface area contributed by atoms with Gasteiger partial charge in [0.1, 0.15) is 5.75 Å². The van der Waals surface area contributed by atoms with E-state index in [0.29, 0.717) is 12.3 Å². The number of fused-ring (bicyclic) bond motifs is 1. The lowest BCUT2D eigenvalue weighted by Gasteiger charge is -2.19. The Kier molecular flexibility index (Phi) is 4.96. The van der Waals surface area contributed by atoms with Crippen molar-refractivity contribution in [3.05, 3.63) is 64.7 Å². The quantitative estimate of drug-likeness (QED) is 0.830. The molecule has 26 heavy (non-hydrogen) atoms. The summed E-state index contributed by atoms with van der Waals surface area (Å²) in [5.41, 5.74) is 5.41. The van der Waals surface area contributed by atoms with Crippen LogP contribution in [0.15, 0.2) is 42.5 Å². The Morgan fingerprint density at radius 2 is 1.85 bits per heavy atom. The highest BCUT2D eigenvalue weighted by molar-refractivity contribution is 5.79. The lowest BCUT2D eigenvalue weighted by Crippen LogP contribution is -2.30. The van der Waals surface area contributed by atoms with Crippen LogP contribution >= 0.6 is 0 Å². The molecule has 1 aliphatic carbocycles. The molecule has 1 heterocycles. The summed E-state index contributed by atoms with van der Waals surface area (Å²) in [7, 11) is 1.69. The van der Waals surface area contributed by atoms with E-state index in [1.807, 2.05) is 17.0 Å². The number of benzene rings is 2. The number of methoxy groups -OCH3 is 1. The SMILES string of the molecule is COc1ccc(C2CCN(C(=O)Cc3ccc4c(c3)CCCC4)C2)cc1. The molecule has 2 aliphatic rings. The molecule has 1 saturated heterocycles. The van der Waals surface area contributed by atoms with Crippen LogP contribution in [0.3, 0.4) is 0 Å². The molecule has 3 nitrogen and oxygen atoms in total. The van der Waals surface area contributed by atoms with Gasteiger partial charge in [0.25, 0.3) is 0 Å². The molecule has 0 saturated carbocycles. The van der Waals surface area contributed by atoms with Gasteiger partial charge >= 0.3 is 0 Å². The molecule has 0 radical (unpaired) electrons. The van der Waals surface area contributed by atoms with E-state index in [4.69, 9.17) is 4.74 Å². The fourth-order valence-electron chi connectivity index (χ4n) is 4.32. The predicted octanol–water partition coefficient (Wildman–Crippen LogP) is 4.13. The van der Waals surface area contributed by atoms with E-state index in [1.54, 1.807) is 7.11 Å². The average Bonchev–Trinajstić information content (AvgIpc) is 3.18. The predicted molar refractivity (Wildman–Crippen MR) is 104 cm³/mol. The fraction of sp³-hybridized carbons (Fsp3) is 0.435. The number of likely N-dealkylation sites (tertiary alicyclic amines) is 1. The van der Waals surface area contributed by atoms with Crippen LogP contribution in [-0.2, 0) is 24.1 Å². The Hall–Kier alpha value is -2.29. The third-order valence-corrected chi connectivity index (χ3v) is 5.90. The molecule has 1 atom stereocenters.